The van der Waals surface area contributed by atoms with Crippen LogP contribution >= 0.6 is 0 Å². The van der Waals surface area contributed by atoms with Crippen molar-refractivity contribution in [3.05, 3.63) is 83.4 Å². The molecule has 0 aliphatic carbocycles. The van der Waals surface area contributed by atoms with Gasteiger partial charge in [-0.3, -0.25) is 14.5 Å². The summed E-state index contributed by atoms with van der Waals surface area (Å²) in [6.45, 7) is 2.84. The van der Waals surface area contributed by atoms with Crippen LogP contribution in [-0.4, -0.2) is 52.9 Å². The van der Waals surface area contributed by atoms with E-state index in [1.165, 1.54) is 4.90 Å². The van der Waals surface area contributed by atoms with Crippen LogP contribution in [-0.2, 0) is 5.60 Å². The van der Waals surface area contributed by atoms with Crippen molar-refractivity contribution in [1.82, 2.24) is 9.80 Å². The Kier molecular flexibility index (Phi) is 5.53. The van der Waals surface area contributed by atoms with Crippen molar-refractivity contribution >= 4 is 22.6 Å². The van der Waals surface area contributed by atoms with E-state index in [4.69, 9.17) is 0 Å². The van der Waals surface area contributed by atoms with Crippen LogP contribution in [0.2, 0.25) is 0 Å². The van der Waals surface area contributed by atoms with E-state index in [0.29, 0.717) is 24.2 Å². The molecule has 1 fully saturated rings. The Morgan fingerprint density at radius 1 is 0.812 bits per heavy atom. The molecule has 0 aromatic heterocycles. The molecular formula is C27H28N2O3. The van der Waals surface area contributed by atoms with E-state index in [1.54, 1.807) is 0 Å². The maximum absolute atomic E-state index is 13.0. The van der Waals surface area contributed by atoms with E-state index >= 15 is 0 Å². The molecular weight excluding hydrogens is 400 g/mol. The average molecular weight is 429 g/mol. The van der Waals surface area contributed by atoms with Gasteiger partial charge in [-0.15, -0.1) is 0 Å². The molecule has 1 unspecified atom stereocenters. The molecule has 5 rings (SSSR count). The van der Waals surface area contributed by atoms with E-state index in [2.05, 4.69) is 4.90 Å². The zero-order chi connectivity index (χ0) is 22.1. The quantitative estimate of drug-likeness (QED) is 0.472. The van der Waals surface area contributed by atoms with Crippen LogP contribution in [0.15, 0.2) is 66.7 Å². The van der Waals surface area contributed by atoms with Gasteiger partial charge in [-0.25, -0.2) is 0 Å². The first-order chi connectivity index (χ1) is 15.6. The normalized spacial score (nSPS) is 21.3. The number of amides is 2. The maximum atomic E-state index is 13.0. The van der Waals surface area contributed by atoms with Crippen molar-refractivity contribution in [1.29, 1.82) is 0 Å². The molecule has 2 aliphatic heterocycles. The zero-order valence-electron chi connectivity index (χ0n) is 18.2. The number of aliphatic hydroxyl groups is 1. The lowest BCUT2D eigenvalue weighted by atomic mass is 9.85. The van der Waals surface area contributed by atoms with Crippen molar-refractivity contribution in [3.8, 4) is 0 Å². The molecule has 0 saturated carbocycles. The second-order valence-electron chi connectivity index (χ2n) is 8.96. The lowest BCUT2D eigenvalue weighted by Gasteiger charge is -2.39. The van der Waals surface area contributed by atoms with E-state index in [-0.39, 0.29) is 11.8 Å². The number of piperidine rings is 1. The third kappa shape index (κ3) is 3.72. The van der Waals surface area contributed by atoms with Gasteiger partial charge in [0.05, 0.1) is 0 Å². The third-order valence-electron chi connectivity index (χ3n) is 6.82. The van der Waals surface area contributed by atoms with Crippen molar-refractivity contribution in [3.63, 3.8) is 0 Å². The Bertz CT molecular complexity index is 1110. The summed E-state index contributed by atoms with van der Waals surface area (Å²) < 4.78 is 0. The second-order valence-corrected chi connectivity index (χ2v) is 8.96. The summed E-state index contributed by atoms with van der Waals surface area (Å²) in [6.07, 6.45) is 3.34. The molecule has 1 saturated heterocycles. The topological polar surface area (TPSA) is 60.9 Å². The Labute approximate surface area is 188 Å². The minimum Gasteiger partial charge on any atom is -0.384 e. The predicted molar refractivity (Wildman–Crippen MR) is 125 cm³/mol. The Morgan fingerprint density at radius 2 is 1.47 bits per heavy atom. The summed E-state index contributed by atoms with van der Waals surface area (Å²) in [4.78, 5) is 29.7. The second kappa shape index (κ2) is 8.49. The van der Waals surface area contributed by atoms with Crippen LogP contribution in [0.25, 0.3) is 10.8 Å². The molecule has 2 aliphatic rings. The van der Waals surface area contributed by atoms with Crippen LogP contribution in [0.4, 0.5) is 0 Å². The molecule has 1 atom stereocenters. The van der Waals surface area contributed by atoms with Gasteiger partial charge < -0.3 is 10.0 Å². The fourth-order valence-electron chi connectivity index (χ4n) is 5.19. The fourth-order valence-corrected chi connectivity index (χ4v) is 5.19. The van der Waals surface area contributed by atoms with Crippen LogP contribution in [0.3, 0.4) is 0 Å². The van der Waals surface area contributed by atoms with E-state index in [9.17, 15) is 14.7 Å². The van der Waals surface area contributed by atoms with Crippen LogP contribution in [0.1, 0.15) is 52.0 Å². The minimum absolute atomic E-state index is 0.198. The number of carbonyl (C=O) groups excluding carboxylic acids is 2. The lowest BCUT2D eigenvalue weighted by molar-refractivity contribution is -0.0359. The Hall–Kier alpha value is -3.02. The molecule has 5 heteroatoms. The van der Waals surface area contributed by atoms with Gasteiger partial charge in [0.25, 0.3) is 11.8 Å². The average Bonchev–Trinajstić information content (AvgIpc) is 2.82. The first kappa shape index (κ1) is 20.9. The van der Waals surface area contributed by atoms with E-state index in [0.717, 1.165) is 55.1 Å². The maximum Gasteiger partial charge on any atom is 0.261 e. The molecule has 2 heterocycles. The standard InChI is InChI=1S/C27H28N2O3/c30-25-22-13-6-9-20-10-7-14-23(24(20)22)26(31)29(25)18-5-4-16-28-17-8-15-27(32,19-28)21-11-2-1-3-12-21/h1-3,6-7,9-14,32H,4-5,8,15-19H2. The van der Waals surface area contributed by atoms with Crippen molar-refractivity contribution in [2.45, 2.75) is 31.3 Å². The van der Waals surface area contributed by atoms with Gasteiger partial charge in [0.2, 0.25) is 0 Å². The molecule has 164 valence electrons. The smallest absolute Gasteiger partial charge is 0.261 e. The first-order valence-corrected chi connectivity index (χ1v) is 11.4. The lowest BCUT2D eigenvalue weighted by Crippen LogP contribution is -2.46. The van der Waals surface area contributed by atoms with Crippen molar-refractivity contribution in [2.75, 3.05) is 26.2 Å². The predicted octanol–water partition coefficient (Wildman–Crippen LogP) is 4.20. The van der Waals surface area contributed by atoms with Crippen molar-refractivity contribution < 1.29 is 14.7 Å². The molecule has 0 radical (unpaired) electrons. The fraction of sp³-hybridized carbons (Fsp3) is 0.333. The molecule has 0 bridgehead atoms. The zero-order valence-corrected chi connectivity index (χ0v) is 18.2. The number of rotatable bonds is 6. The number of imide groups is 1. The summed E-state index contributed by atoms with van der Waals surface area (Å²) in [7, 11) is 0. The van der Waals surface area contributed by atoms with Gasteiger partial charge in [-0.1, -0.05) is 54.6 Å². The van der Waals surface area contributed by atoms with E-state index in [1.807, 2.05) is 66.7 Å². The number of benzene rings is 3. The van der Waals surface area contributed by atoms with Crippen LogP contribution < -0.4 is 0 Å². The number of nitrogens with zero attached hydrogens (tertiary/aromatic N) is 2. The molecule has 32 heavy (non-hydrogen) atoms. The summed E-state index contributed by atoms with van der Waals surface area (Å²) in [5, 5.41) is 12.9. The molecule has 1 N–H and O–H groups in total. The molecule has 0 spiro atoms. The number of hydrogen-bond acceptors (Lipinski definition) is 4. The summed E-state index contributed by atoms with van der Waals surface area (Å²) in [6, 6.07) is 21.1. The van der Waals surface area contributed by atoms with E-state index < -0.39 is 5.60 Å². The van der Waals surface area contributed by atoms with Crippen molar-refractivity contribution in [2.24, 2.45) is 0 Å². The highest BCUT2D eigenvalue weighted by atomic mass is 16.3. The SMILES string of the molecule is O=C1c2cccc3cccc(c23)C(=O)N1CCCCN1CCCC(O)(c2ccccc2)C1. The number of carbonyl (C=O) groups is 2. The largest absolute Gasteiger partial charge is 0.384 e. The Balaban J connectivity index is 1.20. The molecule has 3 aromatic rings. The van der Waals surface area contributed by atoms with Gasteiger partial charge in [-0.05, 0) is 61.9 Å². The number of likely N-dealkylation sites (tertiary alicyclic amines) is 1. The van der Waals surface area contributed by atoms with Gasteiger partial charge >= 0.3 is 0 Å². The first-order valence-electron chi connectivity index (χ1n) is 11.4. The number of β-amino-alcohol motifs (C(OH)–C–C–N with tert-alkyl or cyclic N) is 1. The van der Waals surface area contributed by atoms with Gasteiger partial charge in [0, 0.05) is 29.6 Å². The number of unbranched alkanes of at least 4 members (excludes halogenated alkanes) is 1. The molecule has 3 aromatic carbocycles. The summed E-state index contributed by atoms with van der Waals surface area (Å²) in [5.74, 6) is -0.397. The molecule has 2 amide bonds. The third-order valence-corrected chi connectivity index (χ3v) is 6.82. The monoisotopic (exact) mass is 428 g/mol. The van der Waals surface area contributed by atoms with Crippen LogP contribution in [0.5, 0.6) is 0 Å². The Morgan fingerprint density at radius 3 is 2.16 bits per heavy atom. The van der Waals surface area contributed by atoms with Gasteiger partial charge in [0.15, 0.2) is 0 Å². The minimum atomic E-state index is -0.805. The highest BCUT2D eigenvalue weighted by molar-refractivity contribution is 6.25. The highest BCUT2D eigenvalue weighted by Gasteiger charge is 2.35. The van der Waals surface area contributed by atoms with Gasteiger partial charge in [0.1, 0.15) is 5.60 Å². The van der Waals surface area contributed by atoms with Gasteiger partial charge in [-0.2, -0.15) is 0 Å². The molecule has 5 nitrogen and oxygen atoms in total. The highest BCUT2D eigenvalue weighted by Crippen LogP contribution is 2.32. The van der Waals surface area contributed by atoms with Crippen LogP contribution in [0, 0.1) is 0 Å². The number of hydrogen-bond donors (Lipinski definition) is 1. The summed E-state index contributed by atoms with van der Waals surface area (Å²) >= 11 is 0. The summed E-state index contributed by atoms with van der Waals surface area (Å²) in [5.41, 5.74) is 1.39.